The van der Waals surface area contributed by atoms with E-state index < -0.39 is 41.5 Å². The van der Waals surface area contributed by atoms with Crippen molar-refractivity contribution >= 4 is 41.4 Å². The van der Waals surface area contributed by atoms with E-state index in [9.17, 15) is 29.1 Å². The van der Waals surface area contributed by atoms with Crippen LogP contribution in [0.5, 0.6) is 5.75 Å². The molecule has 188 valence electrons. The summed E-state index contributed by atoms with van der Waals surface area (Å²) in [6, 6.07) is 6.42. The summed E-state index contributed by atoms with van der Waals surface area (Å²) >= 11 is 1.17. The zero-order valence-corrected chi connectivity index (χ0v) is 20.2. The predicted molar refractivity (Wildman–Crippen MR) is 127 cm³/mol. The molecule has 0 radical (unpaired) electrons. The number of rotatable bonds is 14. The standard InChI is InChI=1S/C22H32N4O7S/c1-13(2)34-22(26-19(30)11-23-17(28)8-9-20(31)32)21(33)24-12-18(29)25-14(3)10-15-4-6-16(27)7-5-15/h4-7,13-14,22,27H,8-12H2,1-3H3,(H,23,28)(H,24,33)(H,25,29)(H,26,30)(H,31,32). The van der Waals surface area contributed by atoms with Gasteiger partial charge in [-0.25, -0.2) is 0 Å². The van der Waals surface area contributed by atoms with Crippen molar-refractivity contribution in [3.63, 3.8) is 0 Å². The number of phenolic OH excluding ortho intramolecular Hbond substituents is 1. The maximum Gasteiger partial charge on any atom is 0.303 e. The van der Waals surface area contributed by atoms with Crippen molar-refractivity contribution in [1.82, 2.24) is 21.3 Å². The van der Waals surface area contributed by atoms with Crippen molar-refractivity contribution in [2.24, 2.45) is 0 Å². The number of hydrogen-bond donors (Lipinski definition) is 6. The lowest BCUT2D eigenvalue weighted by Crippen LogP contribution is -2.50. The van der Waals surface area contributed by atoms with Gasteiger partial charge in [0.05, 0.1) is 19.5 Å². The van der Waals surface area contributed by atoms with Crippen LogP contribution in [-0.4, -0.2) is 69.6 Å². The van der Waals surface area contributed by atoms with Crippen molar-refractivity contribution in [2.75, 3.05) is 13.1 Å². The third-order valence-electron chi connectivity index (χ3n) is 4.26. The van der Waals surface area contributed by atoms with Crippen LogP contribution in [0.4, 0.5) is 0 Å². The molecule has 34 heavy (non-hydrogen) atoms. The van der Waals surface area contributed by atoms with Gasteiger partial charge >= 0.3 is 5.97 Å². The van der Waals surface area contributed by atoms with Gasteiger partial charge in [-0.3, -0.25) is 24.0 Å². The van der Waals surface area contributed by atoms with Gasteiger partial charge in [-0.2, -0.15) is 0 Å². The molecular formula is C22H32N4O7S. The summed E-state index contributed by atoms with van der Waals surface area (Å²) in [4.78, 5) is 58.9. The summed E-state index contributed by atoms with van der Waals surface area (Å²) in [7, 11) is 0. The van der Waals surface area contributed by atoms with E-state index in [1.807, 2.05) is 20.8 Å². The molecule has 12 heteroatoms. The van der Waals surface area contributed by atoms with E-state index in [1.165, 1.54) is 11.8 Å². The first kappa shape index (κ1) is 28.8. The molecule has 0 spiro atoms. The number of benzene rings is 1. The number of thioether (sulfide) groups is 1. The summed E-state index contributed by atoms with van der Waals surface area (Å²) in [6.07, 6.45) is -0.0646. The molecule has 6 N–H and O–H groups in total. The van der Waals surface area contributed by atoms with Gasteiger partial charge in [-0.15, -0.1) is 11.8 Å². The largest absolute Gasteiger partial charge is 0.508 e. The average Bonchev–Trinajstić information content (AvgIpc) is 2.75. The second-order valence-electron chi connectivity index (χ2n) is 7.86. The maximum absolute atomic E-state index is 12.5. The highest BCUT2D eigenvalue weighted by atomic mass is 32.2. The first-order valence-electron chi connectivity index (χ1n) is 10.7. The molecule has 0 heterocycles. The quantitative estimate of drug-likeness (QED) is 0.197. The van der Waals surface area contributed by atoms with E-state index in [-0.39, 0.29) is 36.4 Å². The van der Waals surface area contributed by atoms with Crippen molar-refractivity contribution in [2.45, 2.75) is 56.7 Å². The number of aliphatic carboxylic acids is 1. The van der Waals surface area contributed by atoms with E-state index in [2.05, 4.69) is 21.3 Å². The van der Waals surface area contributed by atoms with Crippen LogP contribution in [0.25, 0.3) is 0 Å². The van der Waals surface area contributed by atoms with E-state index in [1.54, 1.807) is 24.3 Å². The van der Waals surface area contributed by atoms with Gasteiger partial charge in [0.25, 0.3) is 5.91 Å². The van der Waals surface area contributed by atoms with Crippen LogP contribution in [0, 0.1) is 0 Å². The van der Waals surface area contributed by atoms with Crippen LogP contribution in [0.2, 0.25) is 0 Å². The number of amides is 4. The number of carbonyl (C=O) groups excluding carboxylic acids is 4. The fourth-order valence-corrected chi connectivity index (χ4v) is 3.69. The molecule has 0 bridgehead atoms. The molecule has 0 saturated carbocycles. The smallest absolute Gasteiger partial charge is 0.303 e. The molecule has 11 nitrogen and oxygen atoms in total. The fraction of sp³-hybridized carbons (Fsp3) is 0.500. The minimum Gasteiger partial charge on any atom is -0.508 e. The van der Waals surface area contributed by atoms with Gasteiger partial charge < -0.3 is 31.5 Å². The Labute approximate surface area is 202 Å². The molecule has 0 aliphatic heterocycles. The topological polar surface area (TPSA) is 174 Å². The van der Waals surface area contributed by atoms with Crippen molar-refractivity contribution in [1.29, 1.82) is 0 Å². The SMILES string of the molecule is CC(Cc1ccc(O)cc1)NC(=O)CNC(=O)C(NC(=O)CNC(=O)CCC(=O)O)SC(C)C. The third-order valence-corrected chi connectivity index (χ3v) is 5.41. The Balaban J connectivity index is 2.48. The molecule has 1 aromatic rings. The van der Waals surface area contributed by atoms with Crippen molar-refractivity contribution in [3.05, 3.63) is 29.8 Å². The molecule has 1 aromatic carbocycles. The van der Waals surface area contributed by atoms with Gasteiger partial charge in [-0.1, -0.05) is 26.0 Å². The van der Waals surface area contributed by atoms with Crippen molar-refractivity contribution < 1.29 is 34.2 Å². The van der Waals surface area contributed by atoms with Gasteiger partial charge in [0.1, 0.15) is 5.75 Å². The molecular weight excluding hydrogens is 464 g/mol. The number of phenols is 1. The molecule has 0 aliphatic carbocycles. The normalized spacial score (nSPS) is 12.4. The van der Waals surface area contributed by atoms with Crippen LogP contribution >= 0.6 is 11.8 Å². The van der Waals surface area contributed by atoms with Gasteiger partial charge in [0.2, 0.25) is 17.7 Å². The molecule has 0 fully saturated rings. The van der Waals surface area contributed by atoms with E-state index in [4.69, 9.17) is 5.11 Å². The summed E-state index contributed by atoms with van der Waals surface area (Å²) in [6.45, 7) is 4.80. The van der Waals surface area contributed by atoms with Gasteiger partial charge in [0.15, 0.2) is 5.37 Å². The zero-order valence-electron chi connectivity index (χ0n) is 19.4. The lowest BCUT2D eigenvalue weighted by Gasteiger charge is -2.20. The van der Waals surface area contributed by atoms with Crippen LogP contribution in [0.15, 0.2) is 24.3 Å². The van der Waals surface area contributed by atoms with Crippen LogP contribution < -0.4 is 21.3 Å². The first-order chi connectivity index (χ1) is 16.0. The highest BCUT2D eigenvalue weighted by molar-refractivity contribution is 8.01. The minimum absolute atomic E-state index is 0.0136. The molecule has 2 atom stereocenters. The molecule has 0 aromatic heterocycles. The highest BCUT2D eigenvalue weighted by Gasteiger charge is 2.23. The summed E-state index contributed by atoms with van der Waals surface area (Å²) in [5, 5.41) is 27.0. The van der Waals surface area contributed by atoms with Crippen LogP contribution in [0.1, 0.15) is 39.2 Å². The number of hydrogen-bond acceptors (Lipinski definition) is 7. The van der Waals surface area contributed by atoms with E-state index in [0.29, 0.717) is 6.42 Å². The number of carboxylic acid groups (broad SMARTS) is 1. The summed E-state index contributed by atoms with van der Waals surface area (Å²) < 4.78 is 0. The van der Waals surface area contributed by atoms with E-state index >= 15 is 0 Å². The van der Waals surface area contributed by atoms with E-state index in [0.717, 1.165) is 5.56 Å². The first-order valence-corrected chi connectivity index (χ1v) is 11.7. The predicted octanol–water partition coefficient (Wildman–Crippen LogP) is 0.121. The summed E-state index contributed by atoms with van der Waals surface area (Å²) in [5.41, 5.74) is 0.931. The van der Waals surface area contributed by atoms with Crippen LogP contribution in [-0.2, 0) is 30.4 Å². The lowest BCUT2D eigenvalue weighted by atomic mass is 10.1. The zero-order chi connectivity index (χ0) is 25.7. The van der Waals surface area contributed by atoms with Gasteiger partial charge in [0, 0.05) is 17.7 Å². The summed E-state index contributed by atoms with van der Waals surface area (Å²) in [5.74, 6) is -3.14. The Morgan fingerprint density at radius 2 is 1.44 bits per heavy atom. The lowest BCUT2D eigenvalue weighted by molar-refractivity contribution is -0.138. The Hall–Kier alpha value is -3.28. The second-order valence-corrected chi connectivity index (χ2v) is 9.55. The maximum atomic E-state index is 12.5. The average molecular weight is 497 g/mol. The van der Waals surface area contributed by atoms with Crippen molar-refractivity contribution in [3.8, 4) is 5.75 Å². The second kappa shape index (κ2) is 14.8. The highest BCUT2D eigenvalue weighted by Crippen LogP contribution is 2.15. The Morgan fingerprint density at radius 3 is 2.03 bits per heavy atom. The van der Waals surface area contributed by atoms with Crippen LogP contribution in [0.3, 0.4) is 0 Å². The number of carbonyl (C=O) groups is 5. The fourth-order valence-electron chi connectivity index (χ4n) is 2.74. The number of nitrogens with one attached hydrogen (secondary N) is 4. The molecule has 0 aliphatic rings. The Bertz CT molecular complexity index is 861. The molecule has 2 unspecified atom stereocenters. The third kappa shape index (κ3) is 12.7. The molecule has 0 saturated heterocycles. The minimum atomic E-state index is -1.12. The number of carboxylic acids is 1. The Morgan fingerprint density at radius 1 is 0.853 bits per heavy atom. The molecule has 4 amide bonds. The van der Waals surface area contributed by atoms with Gasteiger partial charge in [-0.05, 0) is 31.0 Å². The monoisotopic (exact) mass is 496 g/mol. The number of aromatic hydroxyl groups is 1. The Kier molecular flexibility index (Phi) is 12.5. The molecule has 1 rings (SSSR count).